The summed E-state index contributed by atoms with van der Waals surface area (Å²) in [5.41, 5.74) is 0.386. The Morgan fingerprint density at radius 3 is 2.78 bits per heavy atom. The van der Waals surface area contributed by atoms with Crippen molar-refractivity contribution in [1.82, 2.24) is 25.1 Å². The van der Waals surface area contributed by atoms with Crippen molar-refractivity contribution in [2.24, 2.45) is 0 Å². The number of rotatable bonds is 4. The van der Waals surface area contributed by atoms with E-state index in [2.05, 4.69) is 20.4 Å². The minimum Gasteiger partial charge on any atom is -0.349 e. The Morgan fingerprint density at radius 2 is 2.04 bits per heavy atom. The molecule has 0 unspecified atom stereocenters. The lowest BCUT2D eigenvalue weighted by molar-refractivity contribution is 0.0947. The van der Waals surface area contributed by atoms with Crippen LogP contribution in [0.4, 0.5) is 4.39 Å². The summed E-state index contributed by atoms with van der Waals surface area (Å²) < 4.78 is 15.5. The van der Waals surface area contributed by atoms with Crippen LogP contribution in [0.15, 0.2) is 30.3 Å². The molecule has 2 aromatic heterocycles. The van der Waals surface area contributed by atoms with Crippen LogP contribution >= 0.6 is 0 Å². The van der Waals surface area contributed by atoms with Gasteiger partial charge in [0.1, 0.15) is 28.7 Å². The second-order valence-corrected chi connectivity index (χ2v) is 5.19. The lowest BCUT2D eigenvalue weighted by Gasteiger charge is -2.07. The van der Waals surface area contributed by atoms with E-state index in [0.29, 0.717) is 24.3 Å². The van der Waals surface area contributed by atoms with Crippen LogP contribution in [0.2, 0.25) is 0 Å². The number of fused-ring (bicyclic) bond motifs is 1. The molecule has 0 aliphatic rings. The molecule has 0 radical (unpaired) electrons. The lowest BCUT2D eigenvalue weighted by atomic mass is 10.2. The van der Waals surface area contributed by atoms with Gasteiger partial charge in [-0.15, -0.1) is 0 Å². The molecule has 0 aliphatic heterocycles. The molecule has 2 heterocycles. The molecule has 0 fully saturated rings. The van der Waals surface area contributed by atoms with Gasteiger partial charge in [-0.3, -0.25) is 4.79 Å². The quantitative estimate of drug-likeness (QED) is 0.800. The first-order valence-corrected chi connectivity index (χ1v) is 7.26. The van der Waals surface area contributed by atoms with Crippen LogP contribution in [0.3, 0.4) is 0 Å². The van der Waals surface area contributed by atoms with Crippen molar-refractivity contribution in [2.45, 2.75) is 20.4 Å². The van der Waals surface area contributed by atoms with Crippen LogP contribution < -0.4 is 5.32 Å². The van der Waals surface area contributed by atoms with Crippen molar-refractivity contribution in [3.63, 3.8) is 0 Å². The molecule has 1 N–H and O–H groups in total. The van der Waals surface area contributed by atoms with Crippen LogP contribution in [0.25, 0.3) is 10.9 Å². The van der Waals surface area contributed by atoms with Gasteiger partial charge in [-0.25, -0.2) is 19.0 Å². The molecule has 0 atom stereocenters. The zero-order valence-electron chi connectivity index (χ0n) is 12.9. The van der Waals surface area contributed by atoms with E-state index in [-0.39, 0.29) is 17.1 Å². The number of nitrogens with one attached hydrogen (secondary N) is 1. The Balaban J connectivity index is 1.68. The predicted octanol–water partition coefficient (Wildman–Crippen LogP) is 2.01. The van der Waals surface area contributed by atoms with E-state index in [1.165, 1.54) is 6.07 Å². The topological polar surface area (TPSA) is 72.7 Å². The number of carbonyl (C=O) groups excluding carboxylic acids is 1. The molecule has 0 spiro atoms. The second-order valence-electron chi connectivity index (χ2n) is 5.19. The molecule has 23 heavy (non-hydrogen) atoms. The summed E-state index contributed by atoms with van der Waals surface area (Å²) in [6, 6.07) is 7.96. The van der Waals surface area contributed by atoms with Crippen LogP contribution in [-0.4, -0.2) is 32.2 Å². The van der Waals surface area contributed by atoms with Gasteiger partial charge in [-0.05, 0) is 26.0 Å². The van der Waals surface area contributed by atoms with Gasteiger partial charge in [0, 0.05) is 11.9 Å². The molecule has 0 saturated carbocycles. The molecule has 6 nitrogen and oxygen atoms in total. The van der Waals surface area contributed by atoms with E-state index in [9.17, 15) is 9.18 Å². The van der Waals surface area contributed by atoms with Crippen LogP contribution in [0, 0.1) is 19.7 Å². The molecular formula is C16H16FN5O. The third kappa shape index (κ3) is 3.18. The van der Waals surface area contributed by atoms with Crippen LogP contribution in [0.5, 0.6) is 0 Å². The summed E-state index contributed by atoms with van der Waals surface area (Å²) in [6.07, 6.45) is 0. The maximum Gasteiger partial charge on any atom is 0.269 e. The van der Waals surface area contributed by atoms with Gasteiger partial charge in [0.25, 0.3) is 5.91 Å². The summed E-state index contributed by atoms with van der Waals surface area (Å²) in [6.45, 7) is 4.57. The fourth-order valence-corrected chi connectivity index (χ4v) is 2.38. The normalized spacial score (nSPS) is 10.9. The monoisotopic (exact) mass is 313 g/mol. The molecular weight excluding hydrogens is 297 g/mol. The minimum absolute atomic E-state index is 0.189. The Bertz CT molecular complexity index is 874. The van der Waals surface area contributed by atoms with E-state index in [1.54, 1.807) is 28.9 Å². The number of hydrogen-bond donors (Lipinski definition) is 1. The molecule has 0 saturated heterocycles. The molecule has 3 aromatic rings. The first-order valence-electron chi connectivity index (χ1n) is 7.26. The number of carbonyl (C=O) groups is 1. The average molecular weight is 313 g/mol. The number of nitrogens with zero attached hydrogens (tertiary/aromatic N) is 4. The number of amides is 1. The molecule has 0 bridgehead atoms. The van der Waals surface area contributed by atoms with E-state index >= 15 is 0 Å². The molecule has 0 aliphatic carbocycles. The molecule has 7 heteroatoms. The van der Waals surface area contributed by atoms with Gasteiger partial charge < -0.3 is 5.32 Å². The Labute approximate surface area is 132 Å². The fraction of sp³-hybridized carbons (Fsp3) is 0.250. The van der Waals surface area contributed by atoms with E-state index in [4.69, 9.17) is 0 Å². The van der Waals surface area contributed by atoms with E-state index in [1.807, 2.05) is 13.8 Å². The summed E-state index contributed by atoms with van der Waals surface area (Å²) in [5.74, 6) is 0.707. The first-order chi connectivity index (χ1) is 11.0. The summed E-state index contributed by atoms with van der Waals surface area (Å²) in [4.78, 5) is 20.4. The van der Waals surface area contributed by atoms with Gasteiger partial charge in [-0.1, -0.05) is 18.2 Å². The van der Waals surface area contributed by atoms with Gasteiger partial charge in [-0.2, -0.15) is 5.10 Å². The first kappa shape index (κ1) is 15.1. The Morgan fingerprint density at radius 1 is 1.22 bits per heavy atom. The van der Waals surface area contributed by atoms with Crippen LogP contribution in [0.1, 0.15) is 22.1 Å². The highest BCUT2D eigenvalue weighted by atomic mass is 19.1. The van der Waals surface area contributed by atoms with Gasteiger partial charge in [0.05, 0.1) is 6.54 Å². The van der Waals surface area contributed by atoms with E-state index in [0.717, 1.165) is 5.82 Å². The van der Waals surface area contributed by atoms with Gasteiger partial charge in [0.2, 0.25) is 0 Å². The highest BCUT2D eigenvalue weighted by molar-refractivity contribution is 5.94. The van der Waals surface area contributed by atoms with Crippen molar-refractivity contribution in [3.8, 4) is 0 Å². The SMILES string of the molecule is Cc1nc(C)n(CCNC(=O)c2ccc3cccc(F)c3n2)n1. The third-order valence-electron chi connectivity index (χ3n) is 3.48. The second kappa shape index (κ2) is 6.12. The number of para-hydroxylation sites is 1. The number of hydrogen-bond acceptors (Lipinski definition) is 4. The fourth-order valence-electron chi connectivity index (χ4n) is 2.38. The summed E-state index contributed by atoms with van der Waals surface area (Å²) in [7, 11) is 0. The largest absolute Gasteiger partial charge is 0.349 e. The number of benzene rings is 1. The maximum absolute atomic E-state index is 13.7. The summed E-state index contributed by atoms with van der Waals surface area (Å²) >= 11 is 0. The lowest BCUT2D eigenvalue weighted by Crippen LogP contribution is -2.28. The zero-order valence-corrected chi connectivity index (χ0v) is 12.9. The van der Waals surface area contributed by atoms with Crippen molar-refractivity contribution in [3.05, 3.63) is 53.5 Å². The molecule has 1 amide bonds. The highest BCUT2D eigenvalue weighted by Crippen LogP contribution is 2.15. The number of halogens is 1. The van der Waals surface area contributed by atoms with Crippen molar-refractivity contribution >= 4 is 16.8 Å². The van der Waals surface area contributed by atoms with Gasteiger partial charge >= 0.3 is 0 Å². The third-order valence-corrected chi connectivity index (χ3v) is 3.48. The molecule has 3 rings (SSSR count). The van der Waals surface area contributed by atoms with Crippen molar-refractivity contribution in [1.29, 1.82) is 0 Å². The molecule has 1 aromatic carbocycles. The van der Waals surface area contributed by atoms with Crippen molar-refractivity contribution in [2.75, 3.05) is 6.54 Å². The smallest absolute Gasteiger partial charge is 0.269 e. The predicted molar refractivity (Wildman–Crippen MR) is 83.5 cm³/mol. The van der Waals surface area contributed by atoms with Crippen molar-refractivity contribution < 1.29 is 9.18 Å². The number of aryl methyl sites for hydroxylation is 2. The highest BCUT2D eigenvalue weighted by Gasteiger charge is 2.10. The standard InChI is InChI=1S/C16H16FN5O/c1-10-19-11(2)22(21-10)9-8-18-16(23)14-7-6-12-4-3-5-13(17)15(12)20-14/h3-7H,8-9H2,1-2H3,(H,18,23). The van der Waals surface area contributed by atoms with Gasteiger partial charge in [0.15, 0.2) is 0 Å². The number of pyridine rings is 1. The molecule has 118 valence electrons. The average Bonchev–Trinajstić information content (AvgIpc) is 2.85. The number of aromatic nitrogens is 4. The zero-order chi connectivity index (χ0) is 16.4. The minimum atomic E-state index is -0.439. The van der Waals surface area contributed by atoms with Crippen LogP contribution in [-0.2, 0) is 6.54 Å². The Hall–Kier alpha value is -2.83. The Kier molecular flexibility index (Phi) is 4.01. The summed E-state index contributed by atoms with van der Waals surface area (Å²) in [5, 5.41) is 7.64. The maximum atomic E-state index is 13.7. The van der Waals surface area contributed by atoms with E-state index < -0.39 is 5.82 Å².